The Morgan fingerprint density at radius 3 is 2.62 bits per heavy atom. The maximum Gasteiger partial charge on any atom is 0.161 e. The molecule has 29 heavy (non-hydrogen) atoms. The van der Waals surface area contributed by atoms with Crippen LogP contribution in [-0.2, 0) is 11.2 Å². The molecule has 0 saturated heterocycles. The second-order valence-electron chi connectivity index (χ2n) is 7.39. The van der Waals surface area contributed by atoms with Gasteiger partial charge in [0.1, 0.15) is 5.82 Å². The highest BCUT2D eigenvalue weighted by atomic mass is 79.9. The molecule has 1 aliphatic heterocycles. The fraction of sp³-hybridized carbons (Fsp3) is 0.304. The first-order valence-electron chi connectivity index (χ1n) is 9.77. The number of allylic oxidation sites excluding steroid dienone is 3. The summed E-state index contributed by atoms with van der Waals surface area (Å²) in [6, 6.07) is 12.5. The molecule has 2 aliphatic rings. The summed E-state index contributed by atoms with van der Waals surface area (Å²) in [5, 5.41) is 10.0. The Morgan fingerprint density at radius 1 is 1.31 bits per heavy atom. The molecule has 1 unspecified atom stereocenters. The molecule has 1 aromatic heterocycles. The van der Waals surface area contributed by atoms with Gasteiger partial charge in [0.25, 0.3) is 0 Å². The highest BCUT2D eigenvalue weighted by Crippen LogP contribution is 2.48. The van der Waals surface area contributed by atoms with Crippen LogP contribution >= 0.6 is 27.3 Å². The van der Waals surface area contributed by atoms with Crippen LogP contribution in [0, 0.1) is 18.3 Å². The maximum absolute atomic E-state index is 13.1. The fourth-order valence-corrected chi connectivity index (χ4v) is 5.85. The number of benzene rings is 1. The predicted octanol–water partition coefficient (Wildman–Crippen LogP) is 5.69. The van der Waals surface area contributed by atoms with Crippen molar-refractivity contribution in [2.24, 2.45) is 5.73 Å². The van der Waals surface area contributed by atoms with Crippen LogP contribution in [0.25, 0.3) is 0 Å². The quantitative estimate of drug-likeness (QED) is 0.629. The highest BCUT2D eigenvalue weighted by molar-refractivity contribution is 9.10. The van der Waals surface area contributed by atoms with E-state index in [9.17, 15) is 10.1 Å². The molecule has 0 radical (unpaired) electrons. The van der Waals surface area contributed by atoms with E-state index in [2.05, 4.69) is 41.1 Å². The smallest absolute Gasteiger partial charge is 0.161 e. The van der Waals surface area contributed by atoms with Crippen LogP contribution < -0.4 is 10.6 Å². The first kappa shape index (κ1) is 19.9. The molecule has 6 heteroatoms. The molecule has 2 aromatic rings. The van der Waals surface area contributed by atoms with Crippen LogP contribution in [-0.4, -0.2) is 5.78 Å². The van der Waals surface area contributed by atoms with Crippen molar-refractivity contribution < 1.29 is 4.79 Å². The molecule has 0 amide bonds. The van der Waals surface area contributed by atoms with Crippen molar-refractivity contribution in [3.8, 4) is 6.07 Å². The monoisotopic (exact) mass is 467 g/mol. The molecule has 0 spiro atoms. The number of anilines is 1. The fourth-order valence-electron chi connectivity index (χ4n) is 4.17. The van der Waals surface area contributed by atoms with E-state index in [1.165, 1.54) is 5.56 Å². The molecule has 4 rings (SSSR count). The molecular formula is C23H22BrN3OS. The number of halogens is 1. The number of aryl methyl sites for hydroxylation is 2. The Labute approximate surface area is 183 Å². The van der Waals surface area contributed by atoms with Crippen molar-refractivity contribution >= 4 is 38.7 Å². The van der Waals surface area contributed by atoms with Gasteiger partial charge in [-0.1, -0.05) is 19.1 Å². The summed E-state index contributed by atoms with van der Waals surface area (Å²) in [5.74, 6) is 0.162. The van der Waals surface area contributed by atoms with Gasteiger partial charge in [0.15, 0.2) is 5.78 Å². The minimum atomic E-state index is -0.385. The number of nitriles is 1. The van der Waals surface area contributed by atoms with Crippen molar-refractivity contribution in [1.82, 2.24) is 0 Å². The third-order valence-electron chi connectivity index (χ3n) is 5.68. The lowest BCUT2D eigenvalue weighted by atomic mass is 9.78. The third-order valence-corrected chi connectivity index (χ3v) is 7.88. The van der Waals surface area contributed by atoms with Gasteiger partial charge in [-0.25, -0.2) is 0 Å². The molecule has 0 fully saturated rings. The number of thiophene rings is 1. The van der Waals surface area contributed by atoms with Gasteiger partial charge in [-0.2, -0.15) is 5.26 Å². The van der Waals surface area contributed by atoms with Gasteiger partial charge in [-0.05, 0) is 65.9 Å². The molecule has 2 N–H and O–H groups in total. The largest absolute Gasteiger partial charge is 0.384 e. The number of nitrogens with zero attached hydrogens (tertiary/aromatic N) is 2. The number of carbonyl (C=O) groups excluding carboxylic acids is 1. The molecular weight excluding hydrogens is 446 g/mol. The minimum Gasteiger partial charge on any atom is -0.384 e. The zero-order valence-corrected chi connectivity index (χ0v) is 18.9. The van der Waals surface area contributed by atoms with E-state index in [1.54, 1.807) is 11.3 Å². The summed E-state index contributed by atoms with van der Waals surface area (Å²) < 4.78 is 0.997. The molecule has 1 aromatic carbocycles. The Kier molecular flexibility index (Phi) is 5.37. The number of hydrogen-bond acceptors (Lipinski definition) is 5. The Hall–Kier alpha value is -2.36. The van der Waals surface area contributed by atoms with Gasteiger partial charge in [0, 0.05) is 37.6 Å². The molecule has 2 heterocycles. The van der Waals surface area contributed by atoms with Gasteiger partial charge in [-0.3, -0.25) is 9.69 Å². The van der Waals surface area contributed by atoms with Crippen molar-refractivity contribution in [3.63, 3.8) is 0 Å². The Balaban J connectivity index is 1.93. The van der Waals surface area contributed by atoms with Crippen LogP contribution in [0.5, 0.6) is 0 Å². The minimum absolute atomic E-state index is 0.119. The number of ketones is 1. The van der Waals surface area contributed by atoms with E-state index >= 15 is 0 Å². The normalized spacial score (nSPS) is 19.4. The second-order valence-corrected chi connectivity index (χ2v) is 9.53. The average Bonchev–Trinajstić information content (AvgIpc) is 3.05. The molecule has 1 aliphatic carbocycles. The van der Waals surface area contributed by atoms with Crippen molar-refractivity contribution in [2.45, 2.75) is 45.4 Å². The van der Waals surface area contributed by atoms with Gasteiger partial charge >= 0.3 is 0 Å². The lowest BCUT2D eigenvalue weighted by Crippen LogP contribution is -2.38. The summed E-state index contributed by atoms with van der Waals surface area (Å²) in [5.41, 5.74) is 10.8. The van der Waals surface area contributed by atoms with Crippen LogP contribution in [0.4, 0.5) is 5.69 Å². The summed E-state index contributed by atoms with van der Waals surface area (Å²) in [6.07, 6.45) is 3.05. The van der Waals surface area contributed by atoms with E-state index in [1.807, 2.05) is 30.0 Å². The van der Waals surface area contributed by atoms with Crippen LogP contribution in [0.2, 0.25) is 0 Å². The lowest BCUT2D eigenvalue weighted by molar-refractivity contribution is -0.116. The standard InChI is InChI=1S/C23H22BrN3OS/c1-3-14-7-9-15(10-8-14)27-18-5-4-6-19(28)22(18)21(16(12-25)23(27)26)20-11-17(24)13(2)29-20/h7-11,21H,3-6,26H2,1-2H3. The van der Waals surface area contributed by atoms with Crippen molar-refractivity contribution in [2.75, 3.05) is 4.90 Å². The molecule has 4 nitrogen and oxygen atoms in total. The van der Waals surface area contributed by atoms with Crippen molar-refractivity contribution in [1.29, 1.82) is 5.26 Å². The topological polar surface area (TPSA) is 70.1 Å². The van der Waals surface area contributed by atoms with E-state index in [4.69, 9.17) is 5.73 Å². The zero-order valence-electron chi connectivity index (χ0n) is 16.5. The average molecular weight is 468 g/mol. The summed E-state index contributed by atoms with van der Waals surface area (Å²) in [7, 11) is 0. The lowest BCUT2D eigenvalue weighted by Gasteiger charge is -2.39. The second kappa shape index (κ2) is 7.81. The predicted molar refractivity (Wildman–Crippen MR) is 121 cm³/mol. The van der Waals surface area contributed by atoms with Gasteiger partial charge in [0.05, 0.1) is 17.6 Å². The molecule has 148 valence electrons. The first-order chi connectivity index (χ1) is 14.0. The first-order valence-corrected chi connectivity index (χ1v) is 11.4. The Bertz CT molecular complexity index is 1070. The van der Waals surface area contributed by atoms with Gasteiger partial charge in [-0.15, -0.1) is 11.3 Å². The maximum atomic E-state index is 13.1. The molecule has 0 saturated carbocycles. The molecule has 0 bridgehead atoms. The van der Waals surface area contributed by atoms with E-state index in [0.717, 1.165) is 50.4 Å². The number of Topliss-reactive ketones (excluding diaryl/α,β-unsaturated/α-hetero) is 1. The summed E-state index contributed by atoms with van der Waals surface area (Å²) in [4.78, 5) is 17.1. The summed E-state index contributed by atoms with van der Waals surface area (Å²) >= 11 is 5.18. The van der Waals surface area contributed by atoms with Crippen LogP contribution in [0.15, 0.2) is 57.5 Å². The van der Waals surface area contributed by atoms with Crippen LogP contribution in [0.3, 0.4) is 0 Å². The molecule has 1 atom stereocenters. The highest BCUT2D eigenvalue weighted by Gasteiger charge is 2.41. The Morgan fingerprint density at radius 2 is 2.03 bits per heavy atom. The number of rotatable bonds is 3. The van der Waals surface area contributed by atoms with E-state index in [-0.39, 0.29) is 11.7 Å². The van der Waals surface area contributed by atoms with E-state index < -0.39 is 0 Å². The number of nitrogens with two attached hydrogens (primary N) is 1. The van der Waals surface area contributed by atoms with Crippen LogP contribution in [0.1, 0.15) is 47.4 Å². The van der Waals surface area contributed by atoms with Crippen molar-refractivity contribution in [3.05, 3.63) is 72.8 Å². The van der Waals surface area contributed by atoms with Gasteiger partial charge in [0.2, 0.25) is 0 Å². The zero-order chi connectivity index (χ0) is 20.7. The van der Waals surface area contributed by atoms with Gasteiger partial charge < -0.3 is 5.73 Å². The SMILES string of the molecule is CCc1ccc(N2C(N)=C(C#N)C(c3cc(Br)c(C)s3)C3=C2CCCC3=O)cc1. The van der Waals surface area contributed by atoms with E-state index in [0.29, 0.717) is 17.8 Å². The number of hydrogen-bond donors (Lipinski definition) is 1. The summed E-state index contributed by atoms with van der Waals surface area (Å²) in [6.45, 7) is 4.14. The number of carbonyl (C=O) groups is 1. The third kappa shape index (κ3) is 3.33.